The molecule has 2 aromatic heterocycles. The van der Waals surface area contributed by atoms with Crippen LogP contribution in [0.4, 0.5) is 0 Å². The molecule has 0 spiro atoms. The van der Waals surface area contributed by atoms with E-state index in [0.717, 1.165) is 43.6 Å². The Morgan fingerprint density at radius 1 is 1.16 bits per heavy atom. The predicted octanol–water partition coefficient (Wildman–Crippen LogP) is 2.62. The molecule has 2 atom stereocenters. The minimum absolute atomic E-state index is 0. The van der Waals surface area contributed by atoms with Crippen LogP contribution in [0.25, 0.3) is 0 Å². The van der Waals surface area contributed by atoms with Gasteiger partial charge in [0.15, 0.2) is 0 Å². The Kier molecular flexibility index (Phi) is 8.33. The van der Waals surface area contributed by atoms with Crippen molar-refractivity contribution in [3.8, 4) is 0 Å². The molecule has 7 nitrogen and oxygen atoms in total. The average molecular weight is 481 g/mol. The number of likely N-dealkylation sites (tertiary alicyclic amines) is 1. The number of carbonyl (C=O) groups excluding carboxylic acids is 1. The van der Waals surface area contributed by atoms with Crippen LogP contribution in [0.3, 0.4) is 0 Å². The maximum Gasteiger partial charge on any atom is 0.263 e. The fraction of sp³-hybridized carbons (Fsp3) is 0.522. The van der Waals surface area contributed by atoms with E-state index in [4.69, 9.17) is 4.74 Å². The number of hydrogen-bond acceptors (Lipinski definition) is 5. The third-order valence-electron chi connectivity index (χ3n) is 6.68. The van der Waals surface area contributed by atoms with Gasteiger partial charge in [0.25, 0.3) is 11.5 Å². The van der Waals surface area contributed by atoms with Gasteiger partial charge in [-0.2, -0.15) is 0 Å². The molecular formula is C23H30Cl2N4O3. The quantitative estimate of drug-likeness (QED) is 0.727. The molecule has 9 heteroatoms. The number of rotatable bonds is 4. The summed E-state index contributed by atoms with van der Waals surface area (Å²) in [5.74, 6) is 0.712. The zero-order valence-electron chi connectivity index (χ0n) is 17.9. The van der Waals surface area contributed by atoms with Gasteiger partial charge < -0.3 is 19.5 Å². The second-order valence-corrected chi connectivity index (χ2v) is 8.71. The lowest BCUT2D eigenvalue weighted by molar-refractivity contribution is -0.000529. The number of carbonyl (C=O) groups is 1. The first kappa shape index (κ1) is 24.7. The zero-order chi connectivity index (χ0) is 20.5. The summed E-state index contributed by atoms with van der Waals surface area (Å²) in [4.78, 5) is 32.1. The van der Waals surface area contributed by atoms with Crippen molar-refractivity contribution in [2.24, 2.45) is 5.92 Å². The standard InChI is InChI=1S/C23H28N4O3.2ClH/c28-22(26-8-5-19(6-9-26)30-15-16-2-1-7-24-11-16)20-3-4-21-18-10-17(12-25-13-18)14-27(21)23(20)29;;/h1-4,7,11,17-19,25H,5-6,8-10,12-15H2;2*1H/t17-,18+;;/m0../s1. The number of aromatic nitrogens is 2. The molecule has 0 saturated carbocycles. The van der Waals surface area contributed by atoms with Gasteiger partial charge >= 0.3 is 0 Å². The molecule has 5 heterocycles. The number of ether oxygens (including phenoxy) is 1. The number of piperidine rings is 2. The van der Waals surface area contributed by atoms with Crippen molar-refractivity contribution in [3.05, 3.63) is 63.8 Å². The normalized spacial score (nSPS) is 22.3. The number of halogens is 2. The summed E-state index contributed by atoms with van der Waals surface area (Å²) in [5.41, 5.74) is 2.31. The first-order valence-electron chi connectivity index (χ1n) is 10.9. The van der Waals surface area contributed by atoms with E-state index in [1.54, 1.807) is 17.2 Å². The number of amides is 1. The van der Waals surface area contributed by atoms with Crippen molar-refractivity contribution in [1.82, 2.24) is 19.8 Å². The van der Waals surface area contributed by atoms with Gasteiger partial charge in [-0.05, 0) is 55.5 Å². The lowest BCUT2D eigenvalue weighted by Crippen LogP contribution is -2.47. The molecule has 0 aliphatic carbocycles. The minimum Gasteiger partial charge on any atom is -0.373 e. The predicted molar refractivity (Wildman–Crippen MR) is 127 cm³/mol. The molecule has 2 saturated heterocycles. The van der Waals surface area contributed by atoms with E-state index in [1.165, 1.54) is 0 Å². The Morgan fingerprint density at radius 2 is 1.97 bits per heavy atom. The van der Waals surface area contributed by atoms with Crippen molar-refractivity contribution in [1.29, 1.82) is 0 Å². The van der Waals surface area contributed by atoms with Gasteiger partial charge in [-0.25, -0.2) is 0 Å². The van der Waals surface area contributed by atoms with Crippen LogP contribution in [-0.2, 0) is 17.9 Å². The molecule has 3 aliphatic rings. The van der Waals surface area contributed by atoms with Crippen LogP contribution in [0.2, 0.25) is 0 Å². The largest absolute Gasteiger partial charge is 0.373 e. The Bertz CT molecular complexity index is 977. The number of nitrogens with one attached hydrogen (secondary N) is 1. The smallest absolute Gasteiger partial charge is 0.263 e. The minimum atomic E-state index is -0.144. The van der Waals surface area contributed by atoms with Crippen molar-refractivity contribution in [3.63, 3.8) is 0 Å². The van der Waals surface area contributed by atoms with E-state index in [1.807, 2.05) is 29.0 Å². The Balaban J connectivity index is 0.00000144. The molecule has 32 heavy (non-hydrogen) atoms. The first-order valence-corrected chi connectivity index (χ1v) is 10.9. The zero-order valence-corrected chi connectivity index (χ0v) is 19.6. The molecule has 1 amide bonds. The van der Waals surface area contributed by atoms with Crippen molar-refractivity contribution >= 4 is 30.7 Å². The molecule has 2 aromatic rings. The fourth-order valence-corrected chi connectivity index (χ4v) is 5.05. The average Bonchev–Trinajstić information content (AvgIpc) is 2.79. The highest BCUT2D eigenvalue weighted by atomic mass is 35.5. The SMILES string of the molecule is Cl.Cl.O=C(c1ccc2n(c1=O)C[C@@H]1CNC[C@H]2C1)N1CCC(OCc2cccnc2)CC1. The molecule has 1 N–H and O–H groups in total. The lowest BCUT2D eigenvalue weighted by atomic mass is 9.84. The maximum atomic E-state index is 13.1. The summed E-state index contributed by atoms with van der Waals surface area (Å²) in [7, 11) is 0. The van der Waals surface area contributed by atoms with Crippen LogP contribution in [0.1, 0.15) is 46.8 Å². The highest BCUT2D eigenvalue weighted by molar-refractivity contribution is 5.94. The molecule has 5 rings (SSSR count). The Morgan fingerprint density at radius 3 is 2.72 bits per heavy atom. The number of nitrogens with zero attached hydrogens (tertiary/aromatic N) is 3. The van der Waals surface area contributed by atoms with Gasteiger partial charge in [0.2, 0.25) is 0 Å². The summed E-state index contributed by atoms with van der Waals surface area (Å²) in [6, 6.07) is 7.64. The van der Waals surface area contributed by atoms with Crippen LogP contribution in [0, 0.1) is 5.92 Å². The highest BCUT2D eigenvalue weighted by Gasteiger charge is 2.33. The summed E-state index contributed by atoms with van der Waals surface area (Å²) < 4.78 is 7.85. The molecule has 3 aliphatic heterocycles. The molecule has 0 unspecified atom stereocenters. The molecule has 0 aromatic carbocycles. The second-order valence-electron chi connectivity index (χ2n) is 8.71. The van der Waals surface area contributed by atoms with Crippen LogP contribution < -0.4 is 10.9 Å². The monoisotopic (exact) mass is 480 g/mol. The number of pyridine rings is 2. The van der Waals surface area contributed by atoms with Gasteiger partial charge in [-0.3, -0.25) is 14.6 Å². The molecule has 2 fully saturated rings. The third kappa shape index (κ3) is 5.01. The topological polar surface area (TPSA) is 76.5 Å². The van der Waals surface area contributed by atoms with Crippen LogP contribution in [0.15, 0.2) is 41.5 Å². The number of hydrogen-bond donors (Lipinski definition) is 1. The fourth-order valence-electron chi connectivity index (χ4n) is 5.05. The maximum absolute atomic E-state index is 13.1. The third-order valence-corrected chi connectivity index (χ3v) is 6.68. The van der Waals surface area contributed by atoms with Crippen molar-refractivity contribution in [2.45, 2.75) is 44.4 Å². The van der Waals surface area contributed by atoms with Crippen LogP contribution in [0.5, 0.6) is 0 Å². The lowest BCUT2D eigenvalue weighted by Gasteiger charge is -2.38. The van der Waals surface area contributed by atoms with Gasteiger partial charge in [-0.1, -0.05) is 6.07 Å². The van der Waals surface area contributed by atoms with Gasteiger partial charge in [-0.15, -0.1) is 24.8 Å². The Labute approximate surface area is 200 Å². The summed E-state index contributed by atoms with van der Waals surface area (Å²) in [5, 5.41) is 3.46. The van der Waals surface area contributed by atoms with Crippen LogP contribution in [-0.4, -0.2) is 52.6 Å². The van der Waals surface area contributed by atoms with E-state index < -0.39 is 0 Å². The summed E-state index contributed by atoms with van der Waals surface area (Å²) >= 11 is 0. The molecule has 0 radical (unpaired) electrons. The van der Waals surface area contributed by atoms with E-state index in [2.05, 4.69) is 10.3 Å². The van der Waals surface area contributed by atoms with E-state index in [0.29, 0.717) is 43.6 Å². The highest BCUT2D eigenvalue weighted by Crippen LogP contribution is 2.31. The van der Waals surface area contributed by atoms with E-state index in [9.17, 15) is 9.59 Å². The van der Waals surface area contributed by atoms with E-state index >= 15 is 0 Å². The van der Waals surface area contributed by atoms with E-state index in [-0.39, 0.29) is 42.4 Å². The summed E-state index contributed by atoms with van der Waals surface area (Å²) in [6.07, 6.45) is 6.40. The molecular weight excluding hydrogens is 451 g/mol. The second kappa shape index (κ2) is 10.8. The number of fused-ring (bicyclic) bond motifs is 4. The van der Waals surface area contributed by atoms with Crippen LogP contribution >= 0.6 is 24.8 Å². The first-order chi connectivity index (χ1) is 14.7. The van der Waals surface area contributed by atoms with Gasteiger partial charge in [0.1, 0.15) is 5.56 Å². The van der Waals surface area contributed by atoms with Gasteiger partial charge in [0, 0.05) is 50.2 Å². The molecule has 174 valence electrons. The Hall–Kier alpha value is -1.93. The van der Waals surface area contributed by atoms with Gasteiger partial charge in [0.05, 0.1) is 12.7 Å². The summed E-state index contributed by atoms with van der Waals surface area (Å²) in [6.45, 7) is 4.35. The van der Waals surface area contributed by atoms with Crippen molar-refractivity contribution < 1.29 is 9.53 Å². The molecule has 2 bridgehead atoms. The van der Waals surface area contributed by atoms with Crippen molar-refractivity contribution in [2.75, 3.05) is 26.2 Å².